The summed E-state index contributed by atoms with van der Waals surface area (Å²) in [6.45, 7) is 2.23. The molecule has 0 radical (unpaired) electrons. The van der Waals surface area contributed by atoms with E-state index in [0.29, 0.717) is 0 Å². The summed E-state index contributed by atoms with van der Waals surface area (Å²) in [5.74, 6) is -0.117. The number of aliphatic hydroxyl groups excluding tert-OH is 1. The number of benzene rings is 1. The van der Waals surface area contributed by atoms with Crippen LogP contribution >= 0.6 is 15.9 Å². The maximum Gasteiger partial charge on any atom is 0.127 e. The minimum atomic E-state index is -0.117. The number of fused-ring (bicyclic) bond motifs is 1. The van der Waals surface area contributed by atoms with E-state index in [-0.39, 0.29) is 24.5 Å². The Labute approximate surface area is 109 Å². The van der Waals surface area contributed by atoms with Crippen LogP contribution in [0.4, 0.5) is 4.39 Å². The van der Waals surface area contributed by atoms with Gasteiger partial charge >= 0.3 is 0 Å². The summed E-state index contributed by atoms with van der Waals surface area (Å²) in [4.78, 5) is 0. The Morgan fingerprint density at radius 1 is 1.59 bits per heavy atom. The molecule has 94 valence electrons. The molecule has 2 rings (SSSR count). The first-order valence-corrected chi connectivity index (χ1v) is 6.76. The van der Waals surface area contributed by atoms with E-state index in [9.17, 15) is 4.39 Å². The van der Waals surface area contributed by atoms with Crippen molar-refractivity contribution in [1.29, 1.82) is 0 Å². The molecule has 2 N–H and O–H groups in total. The Balaban J connectivity index is 2.16. The number of nitrogens with one attached hydrogen (secondary N) is 1. The average Bonchev–Trinajstić information content (AvgIpc) is 2.62. The van der Waals surface area contributed by atoms with Gasteiger partial charge in [-0.25, -0.2) is 4.39 Å². The quantitative estimate of drug-likeness (QED) is 0.896. The molecule has 2 atom stereocenters. The van der Waals surface area contributed by atoms with Gasteiger partial charge in [0.15, 0.2) is 0 Å². The van der Waals surface area contributed by atoms with Gasteiger partial charge in [-0.3, -0.25) is 0 Å². The fourth-order valence-corrected chi connectivity index (χ4v) is 2.88. The van der Waals surface area contributed by atoms with Crippen molar-refractivity contribution in [3.05, 3.63) is 33.5 Å². The molecule has 1 aromatic rings. The molecule has 0 aliphatic heterocycles. The topological polar surface area (TPSA) is 32.3 Å². The molecule has 2 nitrogen and oxygen atoms in total. The number of aliphatic hydroxyl groups is 1. The molecule has 17 heavy (non-hydrogen) atoms. The standard InChI is InChI=1S/C13H17BrFNO/c1-8(4-5-17)16-13-3-2-10-11(13)6-9(14)7-12(10)15/h6-8,13,16-17H,2-5H2,1H3/t8-,13?/m1/s1. The Kier molecular flexibility index (Phi) is 4.17. The summed E-state index contributed by atoms with van der Waals surface area (Å²) in [6, 6.07) is 3.98. The van der Waals surface area contributed by atoms with Crippen LogP contribution < -0.4 is 5.32 Å². The summed E-state index contributed by atoms with van der Waals surface area (Å²) in [6.07, 6.45) is 2.44. The predicted octanol–water partition coefficient (Wildman–Crippen LogP) is 2.94. The third-order valence-corrected chi connectivity index (χ3v) is 3.76. The minimum Gasteiger partial charge on any atom is -0.396 e. The third kappa shape index (κ3) is 2.87. The zero-order valence-electron chi connectivity index (χ0n) is 9.84. The van der Waals surface area contributed by atoms with Crippen LogP contribution in [0, 0.1) is 5.82 Å². The van der Waals surface area contributed by atoms with Gasteiger partial charge in [-0.2, -0.15) is 0 Å². The Hall–Kier alpha value is -0.450. The molecular formula is C13H17BrFNO. The van der Waals surface area contributed by atoms with Crippen LogP contribution in [0.15, 0.2) is 16.6 Å². The van der Waals surface area contributed by atoms with E-state index < -0.39 is 0 Å². The van der Waals surface area contributed by atoms with E-state index in [1.165, 1.54) is 6.07 Å². The number of rotatable bonds is 4. The molecule has 1 aliphatic carbocycles. The van der Waals surface area contributed by atoms with Crippen molar-refractivity contribution in [3.63, 3.8) is 0 Å². The molecule has 0 fully saturated rings. The van der Waals surface area contributed by atoms with Gasteiger partial charge in [0.2, 0.25) is 0 Å². The maximum atomic E-state index is 13.7. The predicted molar refractivity (Wildman–Crippen MR) is 69.5 cm³/mol. The SMILES string of the molecule is C[C@H](CCO)NC1CCc2c(F)cc(Br)cc21. The lowest BCUT2D eigenvalue weighted by molar-refractivity contribution is 0.263. The average molecular weight is 302 g/mol. The van der Waals surface area contributed by atoms with E-state index in [1.54, 1.807) is 0 Å². The van der Waals surface area contributed by atoms with Crippen LogP contribution in [0.25, 0.3) is 0 Å². The van der Waals surface area contributed by atoms with Crippen molar-refractivity contribution < 1.29 is 9.50 Å². The molecule has 1 unspecified atom stereocenters. The molecule has 0 saturated carbocycles. The first kappa shape index (κ1) is 13.0. The largest absolute Gasteiger partial charge is 0.396 e. The maximum absolute atomic E-state index is 13.7. The highest BCUT2D eigenvalue weighted by molar-refractivity contribution is 9.10. The van der Waals surface area contributed by atoms with Gasteiger partial charge in [-0.05, 0) is 49.4 Å². The second kappa shape index (κ2) is 5.46. The zero-order valence-corrected chi connectivity index (χ0v) is 11.4. The molecule has 0 heterocycles. The van der Waals surface area contributed by atoms with Crippen molar-refractivity contribution in [2.45, 2.75) is 38.3 Å². The van der Waals surface area contributed by atoms with Gasteiger partial charge in [-0.15, -0.1) is 0 Å². The van der Waals surface area contributed by atoms with Gasteiger partial charge in [0.05, 0.1) is 0 Å². The van der Waals surface area contributed by atoms with Crippen molar-refractivity contribution in [2.24, 2.45) is 0 Å². The van der Waals surface area contributed by atoms with Crippen molar-refractivity contribution in [1.82, 2.24) is 5.32 Å². The molecule has 0 saturated heterocycles. The Morgan fingerprint density at radius 3 is 3.06 bits per heavy atom. The van der Waals surface area contributed by atoms with E-state index in [4.69, 9.17) is 5.11 Å². The van der Waals surface area contributed by atoms with Crippen LogP contribution in [0.5, 0.6) is 0 Å². The molecule has 1 aromatic carbocycles. The normalized spacial score (nSPS) is 20.4. The van der Waals surface area contributed by atoms with Crippen LogP contribution in [0.2, 0.25) is 0 Å². The van der Waals surface area contributed by atoms with Gasteiger partial charge in [0.1, 0.15) is 5.82 Å². The summed E-state index contributed by atoms with van der Waals surface area (Å²) in [5, 5.41) is 12.3. The Morgan fingerprint density at radius 2 is 2.35 bits per heavy atom. The zero-order chi connectivity index (χ0) is 12.4. The lowest BCUT2D eigenvalue weighted by Gasteiger charge is -2.20. The fraction of sp³-hybridized carbons (Fsp3) is 0.538. The van der Waals surface area contributed by atoms with Gasteiger partial charge in [0, 0.05) is 23.2 Å². The Bertz CT molecular complexity index is 411. The highest BCUT2D eigenvalue weighted by Gasteiger charge is 2.26. The van der Waals surface area contributed by atoms with Gasteiger partial charge in [-0.1, -0.05) is 15.9 Å². The molecule has 1 aliphatic rings. The smallest absolute Gasteiger partial charge is 0.127 e. The summed E-state index contributed by atoms with van der Waals surface area (Å²) in [5.41, 5.74) is 1.89. The number of halogens is 2. The molecular weight excluding hydrogens is 285 g/mol. The molecule has 0 bridgehead atoms. The number of hydrogen-bond acceptors (Lipinski definition) is 2. The molecule has 0 aromatic heterocycles. The highest BCUT2D eigenvalue weighted by atomic mass is 79.9. The molecule has 0 amide bonds. The lowest BCUT2D eigenvalue weighted by atomic mass is 10.1. The van der Waals surface area contributed by atoms with Crippen LogP contribution in [-0.2, 0) is 6.42 Å². The van der Waals surface area contributed by atoms with E-state index in [2.05, 4.69) is 21.2 Å². The van der Waals surface area contributed by atoms with Crippen LogP contribution in [-0.4, -0.2) is 17.8 Å². The van der Waals surface area contributed by atoms with Crippen LogP contribution in [0.1, 0.15) is 36.9 Å². The van der Waals surface area contributed by atoms with Gasteiger partial charge < -0.3 is 10.4 Å². The van der Waals surface area contributed by atoms with E-state index >= 15 is 0 Å². The number of hydrogen-bond donors (Lipinski definition) is 2. The summed E-state index contributed by atoms with van der Waals surface area (Å²) in [7, 11) is 0. The lowest BCUT2D eigenvalue weighted by Crippen LogP contribution is -2.30. The summed E-state index contributed by atoms with van der Waals surface area (Å²) >= 11 is 3.33. The van der Waals surface area contributed by atoms with E-state index in [0.717, 1.165) is 34.9 Å². The monoisotopic (exact) mass is 301 g/mol. The first-order chi connectivity index (χ1) is 8.11. The van der Waals surface area contributed by atoms with Crippen molar-refractivity contribution >= 4 is 15.9 Å². The minimum absolute atomic E-state index is 0.117. The second-order valence-corrected chi connectivity index (χ2v) is 5.54. The molecule has 4 heteroatoms. The van der Waals surface area contributed by atoms with Gasteiger partial charge in [0.25, 0.3) is 0 Å². The van der Waals surface area contributed by atoms with Crippen LogP contribution in [0.3, 0.4) is 0 Å². The second-order valence-electron chi connectivity index (χ2n) is 4.63. The highest BCUT2D eigenvalue weighted by Crippen LogP contribution is 2.35. The fourth-order valence-electron chi connectivity index (χ4n) is 2.44. The third-order valence-electron chi connectivity index (χ3n) is 3.30. The van der Waals surface area contributed by atoms with Crippen molar-refractivity contribution in [2.75, 3.05) is 6.61 Å². The van der Waals surface area contributed by atoms with E-state index in [1.807, 2.05) is 13.0 Å². The molecule has 0 spiro atoms. The van der Waals surface area contributed by atoms with Crippen molar-refractivity contribution in [3.8, 4) is 0 Å². The summed E-state index contributed by atoms with van der Waals surface area (Å²) < 4.78 is 14.5. The first-order valence-electron chi connectivity index (χ1n) is 5.96.